The number of aliphatic hydroxyl groups excluding tert-OH is 1. The normalized spacial score (nSPS) is 16.8. The number of carbonyl (C=O) groups excluding carboxylic acids is 5. The van der Waals surface area contributed by atoms with Gasteiger partial charge in [-0.2, -0.15) is 0 Å². The summed E-state index contributed by atoms with van der Waals surface area (Å²) in [4.78, 5) is 94.5. The van der Waals surface area contributed by atoms with E-state index in [1.54, 1.807) is 0 Å². The minimum Gasteiger partial charge on any atom is -0.481 e. The Morgan fingerprint density at radius 1 is 0.978 bits per heavy atom. The molecule has 46 heavy (non-hydrogen) atoms. The number of hydrogen-bond acceptors (Lipinski definition) is 11. The first-order valence-corrected chi connectivity index (χ1v) is 14.8. The second-order valence-corrected chi connectivity index (χ2v) is 10.8. The molecule has 0 aliphatic carbocycles. The predicted molar refractivity (Wildman–Crippen MR) is 158 cm³/mol. The van der Waals surface area contributed by atoms with Crippen molar-refractivity contribution in [3.63, 3.8) is 0 Å². The van der Waals surface area contributed by atoms with Crippen LogP contribution in [0.3, 0.4) is 0 Å². The summed E-state index contributed by atoms with van der Waals surface area (Å²) in [5.41, 5.74) is 11.7. The molecule has 0 radical (unpaired) electrons. The van der Waals surface area contributed by atoms with Crippen LogP contribution in [-0.2, 0) is 40.0 Å². The number of amides is 5. The molecule has 1 saturated heterocycles. The van der Waals surface area contributed by atoms with E-state index in [2.05, 4.69) is 31.2 Å². The molecular weight excluding hydrogens is 610 g/mol. The highest BCUT2D eigenvalue weighted by Gasteiger charge is 2.37. The number of nitrogens with zero attached hydrogens (tertiary/aromatic N) is 2. The smallest absolute Gasteiger partial charge is 0.326 e. The highest BCUT2D eigenvalue weighted by Crippen LogP contribution is 2.19. The van der Waals surface area contributed by atoms with Crippen LogP contribution >= 0.6 is 0 Å². The van der Waals surface area contributed by atoms with E-state index >= 15 is 0 Å². The van der Waals surface area contributed by atoms with E-state index in [9.17, 15) is 43.8 Å². The first kappa shape index (κ1) is 37.6. The van der Waals surface area contributed by atoms with E-state index in [1.807, 2.05) is 0 Å². The van der Waals surface area contributed by atoms with E-state index in [0.717, 1.165) is 0 Å². The average molecular weight is 654 g/mol. The van der Waals surface area contributed by atoms with Crippen LogP contribution in [-0.4, -0.2) is 128 Å². The average Bonchev–Trinajstić information content (AvgIpc) is 3.73. The zero-order valence-corrected chi connectivity index (χ0v) is 25.3. The molecular formula is C27H43N9O10. The Kier molecular flexibility index (Phi) is 15.5. The van der Waals surface area contributed by atoms with Crippen LogP contribution in [0, 0.1) is 0 Å². The van der Waals surface area contributed by atoms with Gasteiger partial charge in [-0.15, -0.1) is 0 Å². The number of carbonyl (C=O) groups is 7. The Labute approximate surface area is 264 Å². The Bertz CT molecular complexity index is 1210. The van der Waals surface area contributed by atoms with E-state index in [0.29, 0.717) is 37.9 Å². The molecule has 5 amide bonds. The van der Waals surface area contributed by atoms with Gasteiger partial charge in [0.05, 0.1) is 25.5 Å². The lowest BCUT2D eigenvalue weighted by molar-refractivity contribution is -0.149. The molecule has 0 unspecified atom stereocenters. The molecule has 1 aromatic rings. The number of nitrogens with one attached hydrogen (secondary N) is 5. The molecule has 0 bridgehead atoms. The van der Waals surface area contributed by atoms with Gasteiger partial charge in [-0.1, -0.05) is 0 Å². The maximum atomic E-state index is 13.1. The number of carboxylic acids is 2. The summed E-state index contributed by atoms with van der Waals surface area (Å²) in [6, 6.07) is -6.16. The molecule has 5 atom stereocenters. The lowest BCUT2D eigenvalue weighted by atomic mass is 10.1. The predicted octanol–water partition coefficient (Wildman–Crippen LogP) is -4.09. The molecule has 19 nitrogen and oxygen atoms in total. The summed E-state index contributed by atoms with van der Waals surface area (Å²) in [5, 5.41) is 37.6. The third kappa shape index (κ3) is 12.1. The molecule has 1 aromatic heterocycles. The quantitative estimate of drug-likeness (QED) is 0.0599. The van der Waals surface area contributed by atoms with Crippen molar-refractivity contribution in [1.82, 2.24) is 36.1 Å². The van der Waals surface area contributed by atoms with Crippen molar-refractivity contribution in [3.05, 3.63) is 18.2 Å². The van der Waals surface area contributed by atoms with Gasteiger partial charge in [-0.3, -0.25) is 28.8 Å². The fourth-order valence-corrected chi connectivity index (χ4v) is 4.75. The second kappa shape index (κ2) is 19.0. The third-order valence-electron chi connectivity index (χ3n) is 7.26. The summed E-state index contributed by atoms with van der Waals surface area (Å²) in [6.45, 7) is -0.941. The lowest BCUT2D eigenvalue weighted by Crippen LogP contribution is -2.58. The molecule has 0 saturated carbocycles. The van der Waals surface area contributed by atoms with Gasteiger partial charge in [-0.25, -0.2) is 9.78 Å². The van der Waals surface area contributed by atoms with Gasteiger partial charge in [0, 0.05) is 31.3 Å². The van der Waals surface area contributed by atoms with Crippen molar-refractivity contribution in [2.75, 3.05) is 26.2 Å². The number of H-pyrrole nitrogens is 1. The van der Waals surface area contributed by atoms with E-state index < -0.39 is 84.8 Å². The van der Waals surface area contributed by atoms with Crippen LogP contribution in [0.5, 0.6) is 0 Å². The Balaban J connectivity index is 2.02. The van der Waals surface area contributed by atoms with Crippen molar-refractivity contribution >= 4 is 41.5 Å². The van der Waals surface area contributed by atoms with Gasteiger partial charge in [0.1, 0.15) is 24.2 Å². The molecule has 19 heteroatoms. The number of nitrogens with two attached hydrogens (primary N) is 2. The monoisotopic (exact) mass is 653 g/mol. The number of rotatable bonds is 20. The van der Waals surface area contributed by atoms with Crippen molar-refractivity contribution in [2.45, 2.75) is 81.6 Å². The summed E-state index contributed by atoms with van der Waals surface area (Å²) in [7, 11) is 0. The molecule has 2 heterocycles. The molecule has 0 spiro atoms. The number of aromatic amines is 1. The molecule has 12 N–H and O–H groups in total. The van der Waals surface area contributed by atoms with Gasteiger partial charge in [0.25, 0.3) is 0 Å². The van der Waals surface area contributed by atoms with E-state index in [4.69, 9.17) is 16.6 Å². The zero-order chi connectivity index (χ0) is 34.2. The maximum absolute atomic E-state index is 13.1. The first-order valence-electron chi connectivity index (χ1n) is 14.8. The van der Waals surface area contributed by atoms with Crippen LogP contribution < -0.4 is 32.7 Å². The highest BCUT2D eigenvalue weighted by atomic mass is 16.4. The summed E-state index contributed by atoms with van der Waals surface area (Å²) in [6.07, 6.45) is 4.06. The first-order chi connectivity index (χ1) is 21.9. The Hall–Kier alpha value is -4.62. The SMILES string of the molecule is NCCCC[C@H](NC(=O)CNC(=O)[C@H](CO)NC(=O)[C@H](Cc1cnc[nH]1)NC(=O)[C@@H](N)CCC(=O)O)C(=O)N1CCC[C@H]1C(=O)O. The third-order valence-corrected chi connectivity index (χ3v) is 7.26. The van der Waals surface area contributed by atoms with Gasteiger partial charge in [-0.05, 0) is 45.1 Å². The zero-order valence-electron chi connectivity index (χ0n) is 25.3. The van der Waals surface area contributed by atoms with E-state index in [-0.39, 0.29) is 32.2 Å². The van der Waals surface area contributed by atoms with E-state index in [1.165, 1.54) is 17.4 Å². The van der Waals surface area contributed by atoms with Crippen LogP contribution in [0.2, 0.25) is 0 Å². The van der Waals surface area contributed by atoms with Gasteiger partial charge in [0.15, 0.2) is 0 Å². The summed E-state index contributed by atoms with van der Waals surface area (Å²) in [5.74, 6) is -6.30. The number of aliphatic hydroxyl groups is 1. The van der Waals surface area contributed by atoms with Crippen molar-refractivity contribution in [3.8, 4) is 0 Å². The molecule has 2 rings (SSSR count). The number of aliphatic carboxylic acids is 2. The molecule has 1 aliphatic heterocycles. The molecule has 256 valence electrons. The van der Waals surface area contributed by atoms with Crippen LogP contribution in [0.25, 0.3) is 0 Å². The number of imidazole rings is 1. The molecule has 1 fully saturated rings. The fraction of sp³-hybridized carbons (Fsp3) is 0.630. The minimum atomic E-state index is -1.55. The number of hydrogen-bond donors (Lipinski definition) is 10. The van der Waals surface area contributed by atoms with Crippen molar-refractivity contribution in [1.29, 1.82) is 0 Å². The number of carboxylic acid groups (broad SMARTS) is 2. The summed E-state index contributed by atoms with van der Waals surface area (Å²) < 4.78 is 0. The lowest BCUT2D eigenvalue weighted by Gasteiger charge is -2.27. The van der Waals surface area contributed by atoms with Crippen molar-refractivity contribution < 1.29 is 48.9 Å². The topological polar surface area (TPSA) is 312 Å². The maximum Gasteiger partial charge on any atom is 0.326 e. The van der Waals surface area contributed by atoms with Gasteiger partial charge < -0.3 is 57.9 Å². The van der Waals surface area contributed by atoms with Crippen molar-refractivity contribution in [2.24, 2.45) is 11.5 Å². The Morgan fingerprint density at radius 3 is 2.30 bits per heavy atom. The molecule has 0 aromatic carbocycles. The van der Waals surface area contributed by atoms with Crippen LogP contribution in [0.15, 0.2) is 12.5 Å². The standard InChI is InChI=1S/C27H43N9O10/c28-8-2-1-4-17(26(44)36-9-3-5-20(36)27(45)46)33-21(38)12-31-24(42)19(13-37)35-25(43)18(10-15-11-30-14-32-15)34-23(41)16(29)6-7-22(39)40/h11,14,16-20,37H,1-10,12-13,28-29H2,(H,30,32)(H,31,42)(H,33,38)(H,34,41)(H,35,43)(H,39,40)(H,45,46)/t16-,17-,18-,19-,20-/m0/s1. The largest absolute Gasteiger partial charge is 0.481 e. The number of aromatic nitrogens is 2. The second-order valence-electron chi connectivity index (χ2n) is 10.8. The number of likely N-dealkylation sites (tertiary alicyclic amines) is 1. The minimum absolute atomic E-state index is 0.120. The van der Waals surface area contributed by atoms with Crippen LogP contribution in [0.4, 0.5) is 0 Å². The summed E-state index contributed by atoms with van der Waals surface area (Å²) >= 11 is 0. The van der Waals surface area contributed by atoms with Crippen LogP contribution in [0.1, 0.15) is 50.6 Å². The highest BCUT2D eigenvalue weighted by molar-refractivity contribution is 5.95. The Morgan fingerprint density at radius 2 is 1.70 bits per heavy atom. The number of unbranched alkanes of at least 4 members (excludes halogenated alkanes) is 1. The molecule has 1 aliphatic rings. The van der Waals surface area contributed by atoms with Gasteiger partial charge >= 0.3 is 11.9 Å². The fourth-order valence-electron chi connectivity index (χ4n) is 4.75. The van der Waals surface area contributed by atoms with Gasteiger partial charge in [0.2, 0.25) is 29.5 Å².